The standard InChI is InChI=1S/C16H17NO2S/c1-2-10-6-8-11(9-7-10)15-17-14-12(16(18)19)4-3-5-13(14)20-15/h6-9,12H,2-5H2,1H3,(H,18,19). The fraction of sp³-hybridized carbons (Fsp3) is 0.375. The first-order valence-corrected chi connectivity index (χ1v) is 7.82. The van der Waals surface area contributed by atoms with Crippen LogP contribution < -0.4 is 0 Å². The van der Waals surface area contributed by atoms with Crippen molar-refractivity contribution in [1.82, 2.24) is 4.98 Å². The lowest BCUT2D eigenvalue weighted by Crippen LogP contribution is -2.17. The van der Waals surface area contributed by atoms with Crippen LogP contribution in [-0.2, 0) is 17.6 Å². The largest absolute Gasteiger partial charge is 0.481 e. The second-order valence-corrected chi connectivity index (χ2v) is 6.24. The topological polar surface area (TPSA) is 50.2 Å². The van der Waals surface area contributed by atoms with Crippen LogP contribution >= 0.6 is 11.3 Å². The third kappa shape index (κ3) is 2.36. The number of carbonyl (C=O) groups is 1. The van der Waals surface area contributed by atoms with Crippen molar-refractivity contribution in [3.8, 4) is 10.6 Å². The lowest BCUT2D eigenvalue weighted by molar-refractivity contribution is -0.139. The Labute approximate surface area is 122 Å². The van der Waals surface area contributed by atoms with Gasteiger partial charge < -0.3 is 5.11 Å². The Morgan fingerprint density at radius 1 is 1.40 bits per heavy atom. The van der Waals surface area contributed by atoms with E-state index in [1.807, 2.05) is 0 Å². The van der Waals surface area contributed by atoms with Crippen molar-refractivity contribution in [2.24, 2.45) is 0 Å². The zero-order valence-electron chi connectivity index (χ0n) is 11.4. The molecule has 1 aliphatic carbocycles. The van der Waals surface area contributed by atoms with Gasteiger partial charge in [0, 0.05) is 10.4 Å². The molecule has 20 heavy (non-hydrogen) atoms. The lowest BCUT2D eigenvalue weighted by atomic mass is 9.91. The van der Waals surface area contributed by atoms with Crippen molar-refractivity contribution in [1.29, 1.82) is 0 Å². The van der Waals surface area contributed by atoms with E-state index in [-0.39, 0.29) is 0 Å². The minimum absolute atomic E-state index is 0.418. The molecule has 0 bridgehead atoms. The monoisotopic (exact) mass is 287 g/mol. The highest BCUT2D eigenvalue weighted by Crippen LogP contribution is 2.38. The van der Waals surface area contributed by atoms with E-state index in [1.54, 1.807) is 11.3 Å². The SMILES string of the molecule is CCc1ccc(-c2nc3c(s2)CCCC3C(=O)O)cc1. The molecule has 4 heteroatoms. The molecule has 0 aliphatic heterocycles. The van der Waals surface area contributed by atoms with Gasteiger partial charge in [-0.15, -0.1) is 11.3 Å². The van der Waals surface area contributed by atoms with E-state index in [9.17, 15) is 9.90 Å². The highest BCUT2D eigenvalue weighted by atomic mass is 32.1. The quantitative estimate of drug-likeness (QED) is 0.932. The number of benzene rings is 1. The van der Waals surface area contributed by atoms with Crippen molar-refractivity contribution in [3.05, 3.63) is 40.4 Å². The third-order valence-corrected chi connectivity index (χ3v) is 5.04. The lowest BCUT2D eigenvalue weighted by Gasteiger charge is -2.16. The van der Waals surface area contributed by atoms with Gasteiger partial charge in [0.25, 0.3) is 0 Å². The predicted molar refractivity (Wildman–Crippen MR) is 80.2 cm³/mol. The number of nitrogens with zero attached hydrogens (tertiary/aromatic N) is 1. The van der Waals surface area contributed by atoms with Crippen LogP contribution in [-0.4, -0.2) is 16.1 Å². The highest BCUT2D eigenvalue weighted by molar-refractivity contribution is 7.15. The fourth-order valence-corrected chi connectivity index (χ4v) is 3.84. The Kier molecular flexibility index (Phi) is 3.57. The van der Waals surface area contributed by atoms with Gasteiger partial charge in [-0.3, -0.25) is 4.79 Å². The molecule has 0 fully saturated rings. The summed E-state index contributed by atoms with van der Waals surface area (Å²) in [4.78, 5) is 17.1. The summed E-state index contributed by atoms with van der Waals surface area (Å²) < 4.78 is 0. The van der Waals surface area contributed by atoms with Crippen molar-refractivity contribution in [2.75, 3.05) is 0 Å². The van der Waals surface area contributed by atoms with E-state index in [1.165, 1.54) is 5.56 Å². The molecule has 0 spiro atoms. The number of fused-ring (bicyclic) bond motifs is 1. The molecule has 3 nitrogen and oxygen atoms in total. The molecule has 104 valence electrons. The number of rotatable bonds is 3. The third-order valence-electron chi connectivity index (χ3n) is 3.86. The first-order chi connectivity index (χ1) is 9.69. The molecule has 1 N–H and O–H groups in total. The summed E-state index contributed by atoms with van der Waals surface area (Å²) in [5.74, 6) is -1.16. The number of carboxylic acid groups (broad SMARTS) is 1. The van der Waals surface area contributed by atoms with E-state index in [2.05, 4.69) is 36.2 Å². The normalized spacial score (nSPS) is 17.8. The van der Waals surface area contributed by atoms with Gasteiger partial charge in [-0.2, -0.15) is 0 Å². The summed E-state index contributed by atoms with van der Waals surface area (Å²) in [6.07, 6.45) is 3.64. The predicted octanol–water partition coefficient (Wildman–Crippen LogP) is 3.88. The molecule has 2 aromatic rings. The number of carboxylic acids is 1. The Hall–Kier alpha value is -1.68. The minimum Gasteiger partial charge on any atom is -0.481 e. The average molecular weight is 287 g/mol. The van der Waals surface area contributed by atoms with Gasteiger partial charge in [0.05, 0.1) is 11.6 Å². The summed E-state index contributed by atoms with van der Waals surface area (Å²) in [6.45, 7) is 2.13. The molecular formula is C16H17NO2S. The Morgan fingerprint density at radius 2 is 2.15 bits per heavy atom. The molecule has 3 rings (SSSR count). The zero-order valence-corrected chi connectivity index (χ0v) is 12.2. The maximum Gasteiger partial charge on any atom is 0.312 e. The second kappa shape index (κ2) is 5.37. The van der Waals surface area contributed by atoms with Gasteiger partial charge in [-0.25, -0.2) is 4.98 Å². The number of aliphatic carboxylic acids is 1. The van der Waals surface area contributed by atoms with Crippen LogP contribution in [0.25, 0.3) is 10.6 Å². The van der Waals surface area contributed by atoms with E-state index in [0.29, 0.717) is 6.42 Å². The van der Waals surface area contributed by atoms with Crippen LogP contribution in [0.2, 0.25) is 0 Å². The van der Waals surface area contributed by atoms with Crippen LogP contribution in [0.1, 0.15) is 41.8 Å². The molecule has 0 saturated carbocycles. The highest BCUT2D eigenvalue weighted by Gasteiger charge is 2.30. The summed E-state index contributed by atoms with van der Waals surface area (Å²) in [5, 5.41) is 10.2. The Morgan fingerprint density at radius 3 is 2.80 bits per heavy atom. The molecular weight excluding hydrogens is 270 g/mol. The van der Waals surface area contributed by atoms with E-state index in [4.69, 9.17) is 0 Å². The maximum atomic E-state index is 11.3. The summed E-state index contributed by atoms with van der Waals surface area (Å²) >= 11 is 1.65. The van der Waals surface area contributed by atoms with Crippen LogP contribution in [0.3, 0.4) is 0 Å². The molecule has 1 atom stereocenters. The summed E-state index contributed by atoms with van der Waals surface area (Å²) in [5.41, 5.74) is 3.19. The van der Waals surface area contributed by atoms with E-state index < -0.39 is 11.9 Å². The number of aromatic nitrogens is 1. The van der Waals surface area contributed by atoms with Crippen molar-refractivity contribution >= 4 is 17.3 Å². The molecule has 0 radical (unpaired) electrons. The molecule has 1 unspecified atom stereocenters. The number of hydrogen-bond donors (Lipinski definition) is 1. The molecule has 1 aromatic carbocycles. The van der Waals surface area contributed by atoms with Crippen LogP contribution in [0.4, 0.5) is 0 Å². The Bertz CT molecular complexity index is 630. The van der Waals surface area contributed by atoms with Crippen LogP contribution in [0.5, 0.6) is 0 Å². The van der Waals surface area contributed by atoms with Crippen LogP contribution in [0.15, 0.2) is 24.3 Å². The van der Waals surface area contributed by atoms with Gasteiger partial charge in [-0.05, 0) is 31.2 Å². The molecule has 1 aliphatic rings. The van der Waals surface area contributed by atoms with Gasteiger partial charge in [-0.1, -0.05) is 31.2 Å². The van der Waals surface area contributed by atoms with Crippen molar-refractivity contribution in [3.63, 3.8) is 0 Å². The minimum atomic E-state index is -0.746. The van der Waals surface area contributed by atoms with Crippen LogP contribution in [0, 0.1) is 0 Å². The van der Waals surface area contributed by atoms with Gasteiger partial charge in [0.2, 0.25) is 0 Å². The first kappa shape index (κ1) is 13.3. The van der Waals surface area contributed by atoms with E-state index in [0.717, 1.165) is 40.4 Å². The smallest absolute Gasteiger partial charge is 0.312 e. The summed E-state index contributed by atoms with van der Waals surface area (Å²) in [7, 11) is 0. The van der Waals surface area contributed by atoms with Gasteiger partial charge in [0.1, 0.15) is 5.01 Å². The molecule has 1 aromatic heterocycles. The second-order valence-electron chi connectivity index (χ2n) is 5.16. The number of hydrogen-bond acceptors (Lipinski definition) is 3. The van der Waals surface area contributed by atoms with Gasteiger partial charge in [0.15, 0.2) is 0 Å². The number of aryl methyl sites for hydroxylation is 2. The van der Waals surface area contributed by atoms with E-state index >= 15 is 0 Å². The Balaban J connectivity index is 1.97. The zero-order chi connectivity index (χ0) is 14.1. The maximum absolute atomic E-state index is 11.3. The average Bonchev–Trinajstić information content (AvgIpc) is 2.90. The van der Waals surface area contributed by atoms with Gasteiger partial charge >= 0.3 is 5.97 Å². The molecule has 0 saturated heterocycles. The van der Waals surface area contributed by atoms with Crippen molar-refractivity contribution < 1.29 is 9.90 Å². The summed E-state index contributed by atoms with van der Waals surface area (Å²) in [6, 6.07) is 8.40. The number of thiazole rings is 1. The molecule has 0 amide bonds. The fourth-order valence-electron chi connectivity index (χ4n) is 2.67. The molecule has 1 heterocycles. The first-order valence-electron chi connectivity index (χ1n) is 7.00. The van der Waals surface area contributed by atoms with Crippen molar-refractivity contribution in [2.45, 2.75) is 38.5 Å².